The number of rotatable bonds is 3. The van der Waals surface area contributed by atoms with Crippen LogP contribution in [0.15, 0.2) is 30.5 Å². The monoisotopic (exact) mass is 230 g/mol. The van der Waals surface area contributed by atoms with Crippen LogP contribution in [0.1, 0.15) is 21.6 Å². The Labute approximate surface area is 99.0 Å². The van der Waals surface area contributed by atoms with Crippen molar-refractivity contribution in [1.29, 1.82) is 0 Å². The molecule has 5 heteroatoms. The van der Waals surface area contributed by atoms with Crippen LogP contribution in [-0.2, 0) is 6.54 Å². The number of aryl methyl sites for hydroxylation is 1. The molecule has 88 valence electrons. The fraction of sp³-hybridized carbons (Fsp3) is 0.167. The maximum Gasteiger partial charge on any atom is 0.271 e. The van der Waals surface area contributed by atoms with E-state index in [1.807, 2.05) is 31.2 Å². The number of hydrogen-bond acceptors (Lipinski definition) is 3. The lowest BCUT2D eigenvalue weighted by atomic mass is 10.1. The number of nitrogens with one attached hydrogen (secondary N) is 2. The zero-order valence-electron chi connectivity index (χ0n) is 9.53. The van der Waals surface area contributed by atoms with E-state index in [2.05, 4.69) is 15.5 Å². The van der Waals surface area contributed by atoms with Crippen molar-refractivity contribution in [3.05, 3.63) is 47.3 Å². The minimum atomic E-state index is -0.249. The van der Waals surface area contributed by atoms with E-state index < -0.39 is 0 Å². The Morgan fingerprint density at radius 1 is 1.53 bits per heavy atom. The SMILES string of the molecule is Cc1cccc(CNC(=O)c2[nH]ncc2N)c1. The van der Waals surface area contributed by atoms with Gasteiger partial charge in [-0.3, -0.25) is 9.89 Å². The molecule has 0 aliphatic rings. The fourth-order valence-electron chi connectivity index (χ4n) is 1.57. The van der Waals surface area contributed by atoms with Gasteiger partial charge in [-0.15, -0.1) is 0 Å². The lowest BCUT2D eigenvalue weighted by molar-refractivity contribution is 0.0947. The van der Waals surface area contributed by atoms with Crippen LogP contribution in [0.25, 0.3) is 0 Å². The van der Waals surface area contributed by atoms with Crippen molar-refractivity contribution in [2.24, 2.45) is 0 Å². The Morgan fingerprint density at radius 3 is 3.00 bits per heavy atom. The number of carbonyl (C=O) groups is 1. The van der Waals surface area contributed by atoms with Crippen LogP contribution in [0.5, 0.6) is 0 Å². The van der Waals surface area contributed by atoms with Gasteiger partial charge in [0.2, 0.25) is 0 Å². The molecule has 5 nitrogen and oxygen atoms in total. The first-order chi connectivity index (χ1) is 8.16. The first-order valence-electron chi connectivity index (χ1n) is 5.29. The van der Waals surface area contributed by atoms with Gasteiger partial charge in [0, 0.05) is 6.54 Å². The number of aromatic nitrogens is 2. The molecule has 2 rings (SSSR count). The van der Waals surface area contributed by atoms with Gasteiger partial charge in [0.05, 0.1) is 11.9 Å². The molecule has 1 amide bonds. The highest BCUT2D eigenvalue weighted by molar-refractivity contribution is 5.96. The summed E-state index contributed by atoms with van der Waals surface area (Å²) >= 11 is 0. The summed E-state index contributed by atoms with van der Waals surface area (Å²) in [5.74, 6) is -0.249. The molecule has 1 aromatic carbocycles. The quantitative estimate of drug-likeness (QED) is 0.741. The third kappa shape index (κ3) is 2.63. The Morgan fingerprint density at radius 2 is 2.35 bits per heavy atom. The normalized spacial score (nSPS) is 10.2. The first-order valence-corrected chi connectivity index (χ1v) is 5.29. The number of hydrogen-bond donors (Lipinski definition) is 3. The number of aromatic amines is 1. The molecule has 4 N–H and O–H groups in total. The summed E-state index contributed by atoms with van der Waals surface area (Å²) in [4.78, 5) is 11.7. The van der Waals surface area contributed by atoms with E-state index in [0.717, 1.165) is 11.1 Å². The van der Waals surface area contributed by atoms with Crippen LogP contribution in [0.3, 0.4) is 0 Å². The summed E-state index contributed by atoms with van der Waals surface area (Å²) in [7, 11) is 0. The van der Waals surface area contributed by atoms with E-state index in [1.165, 1.54) is 6.20 Å². The van der Waals surface area contributed by atoms with Gasteiger partial charge in [0.15, 0.2) is 0 Å². The molecule has 0 atom stereocenters. The third-order valence-electron chi connectivity index (χ3n) is 2.43. The van der Waals surface area contributed by atoms with Crippen molar-refractivity contribution in [2.45, 2.75) is 13.5 Å². The summed E-state index contributed by atoms with van der Waals surface area (Å²) in [5, 5.41) is 9.05. The molecule has 0 aliphatic carbocycles. The van der Waals surface area contributed by atoms with Gasteiger partial charge in [-0.25, -0.2) is 0 Å². The minimum absolute atomic E-state index is 0.249. The van der Waals surface area contributed by atoms with Crippen LogP contribution >= 0.6 is 0 Å². The van der Waals surface area contributed by atoms with Gasteiger partial charge in [0.25, 0.3) is 5.91 Å². The number of carbonyl (C=O) groups excluding carboxylic acids is 1. The largest absolute Gasteiger partial charge is 0.396 e. The van der Waals surface area contributed by atoms with E-state index in [9.17, 15) is 4.79 Å². The second-order valence-corrected chi connectivity index (χ2v) is 3.87. The minimum Gasteiger partial charge on any atom is -0.396 e. The topological polar surface area (TPSA) is 83.8 Å². The molecule has 0 saturated heterocycles. The number of anilines is 1. The first kappa shape index (κ1) is 11.2. The summed E-state index contributed by atoms with van der Waals surface area (Å²) in [6, 6.07) is 7.96. The average molecular weight is 230 g/mol. The van der Waals surface area contributed by atoms with E-state index in [4.69, 9.17) is 5.73 Å². The molecular formula is C12H14N4O. The molecule has 17 heavy (non-hydrogen) atoms. The Kier molecular flexibility index (Phi) is 3.09. The number of H-pyrrole nitrogens is 1. The van der Waals surface area contributed by atoms with Crippen LogP contribution in [-0.4, -0.2) is 16.1 Å². The Bertz CT molecular complexity index is 533. The van der Waals surface area contributed by atoms with Crippen molar-refractivity contribution in [2.75, 3.05) is 5.73 Å². The zero-order chi connectivity index (χ0) is 12.3. The highest BCUT2D eigenvalue weighted by Crippen LogP contribution is 2.07. The highest BCUT2D eigenvalue weighted by atomic mass is 16.1. The Balaban J connectivity index is 1.99. The second-order valence-electron chi connectivity index (χ2n) is 3.87. The van der Waals surface area contributed by atoms with Crippen LogP contribution in [0, 0.1) is 6.92 Å². The average Bonchev–Trinajstić information content (AvgIpc) is 2.72. The van der Waals surface area contributed by atoms with E-state index in [1.54, 1.807) is 0 Å². The number of amides is 1. The predicted molar refractivity (Wildman–Crippen MR) is 65.3 cm³/mol. The Hall–Kier alpha value is -2.30. The molecule has 0 radical (unpaired) electrons. The van der Waals surface area contributed by atoms with E-state index in [0.29, 0.717) is 17.9 Å². The lowest BCUT2D eigenvalue weighted by Gasteiger charge is -2.05. The van der Waals surface area contributed by atoms with Crippen molar-refractivity contribution in [3.63, 3.8) is 0 Å². The molecule has 0 unspecified atom stereocenters. The highest BCUT2D eigenvalue weighted by Gasteiger charge is 2.10. The van der Waals surface area contributed by atoms with Gasteiger partial charge < -0.3 is 11.1 Å². The number of benzene rings is 1. The van der Waals surface area contributed by atoms with Crippen molar-refractivity contribution >= 4 is 11.6 Å². The van der Waals surface area contributed by atoms with Crippen LogP contribution < -0.4 is 11.1 Å². The van der Waals surface area contributed by atoms with Crippen LogP contribution in [0.4, 0.5) is 5.69 Å². The van der Waals surface area contributed by atoms with Crippen molar-refractivity contribution in [3.8, 4) is 0 Å². The molecule has 1 aromatic heterocycles. The van der Waals surface area contributed by atoms with Crippen LogP contribution in [0.2, 0.25) is 0 Å². The summed E-state index contributed by atoms with van der Waals surface area (Å²) < 4.78 is 0. The molecular weight excluding hydrogens is 216 g/mol. The number of nitrogens with zero attached hydrogens (tertiary/aromatic N) is 1. The van der Waals surface area contributed by atoms with Gasteiger partial charge >= 0.3 is 0 Å². The molecule has 0 spiro atoms. The summed E-state index contributed by atoms with van der Waals surface area (Å²) in [6.45, 7) is 2.48. The van der Waals surface area contributed by atoms with Gasteiger partial charge in [-0.2, -0.15) is 5.10 Å². The standard InChI is InChI=1S/C12H14N4O/c1-8-3-2-4-9(5-8)6-14-12(17)11-10(13)7-15-16-11/h2-5,7H,6,13H2,1H3,(H,14,17)(H,15,16). The second kappa shape index (κ2) is 4.69. The molecule has 0 aliphatic heterocycles. The van der Waals surface area contributed by atoms with Gasteiger partial charge in [0.1, 0.15) is 5.69 Å². The maximum atomic E-state index is 11.7. The molecule has 0 fully saturated rings. The lowest BCUT2D eigenvalue weighted by Crippen LogP contribution is -2.24. The van der Waals surface area contributed by atoms with Gasteiger partial charge in [-0.1, -0.05) is 29.8 Å². The maximum absolute atomic E-state index is 11.7. The van der Waals surface area contributed by atoms with Gasteiger partial charge in [-0.05, 0) is 12.5 Å². The zero-order valence-corrected chi connectivity index (χ0v) is 9.53. The molecule has 1 heterocycles. The molecule has 0 bridgehead atoms. The van der Waals surface area contributed by atoms with E-state index in [-0.39, 0.29) is 5.91 Å². The molecule has 2 aromatic rings. The molecule has 0 saturated carbocycles. The smallest absolute Gasteiger partial charge is 0.271 e. The third-order valence-corrected chi connectivity index (χ3v) is 2.43. The number of nitrogens with two attached hydrogens (primary N) is 1. The van der Waals surface area contributed by atoms with Crippen molar-refractivity contribution in [1.82, 2.24) is 15.5 Å². The van der Waals surface area contributed by atoms with E-state index >= 15 is 0 Å². The summed E-state index contributed by atoms with van der Waals surface area (Å²) in [6.07, 6.45) is 1.42. The predicted octanol–water partition coefficient (Wildman–Crippen LogP) is 1.23. The van der Waals surface area contributed by atoms with Crippen molar-refractivity contribution < 1.29 is 4.79 Å². The summed E-state index contributed by atoms with van der Waals surface area (Å²) in [5.41, 5.74) is 8.45. The number of nitrogen functional groups attached to an aromatic ring is 1. The fourth-order valence-corrected chi connectivity index (χ4v) is 1.57.